The summed E-state index contributed by atoms with van der Waals surface area (Å²) >= 11 is 0. The van der Waals surface area contributed by atoms with E-state index < -0.39 is 6.03 Å². The Kier molecular flexibility index (Phi) is 8.54. The van der Waals surface area contributed by atoms with Crippen LogP contribution in [0.1, 0.15) is 133 Å². The molecule has 274 valence electrons. The molecule has 2 aromatic carbocycles. The van der Waals surface area contributed by atoms with Gasteiger partial charge in [0.05, 0.1) is 23.8 Å². The van der Waals surface area contributed by atoms with Gasteiger partial charge in [-0.2, -0.15) is 0 Å². The molecule has 0 radical (unpaired) electrons. The van der Waals surface area contributed by atoms with Crippen LogP contribution in [-0.4, -0.2) is 58.8 Å². The number of rotatable bonds is 9. The molecule has 3 aliphatic heterocycles. The maximum atomic E-state index is 7.40. The van der Waals surface area contributed by atoms with Crippen molar-refractivity contribution in [3.8, 4) is 11.5 Å². The van der Waals surface area contributed by atoms with E-state index in [0.717, 1.165) is 79.8 Å². The van der Waals surface area contributed by atoms with Gasteiger partial charge < -0.3 is 18.6 Å². The molecule has 5 heterocycles. The average Bonchev–Trinajstić information content (AvgIpc) is 3.86. The van der Waals surface area contributed by atoms with E-state index in [1.165, 1.54) is 29.5 Å². The third kappa shape index (κ3) is 6.10. The summed E-state index contributed by atoms with van der Waals surface area (Å²) in [4.78, 5) is 8.55. The summed E-state index contributed by atoms with van der Waals surface area (Å²) in [5, 5.41) is 0. The largest absolute Gasteiger partial charge is 0.704 e. The Morgan fingerprint density at radius 2 is 1.25 bits per heavy atom. The predicted octanol–water partition coefficient (Wildman–Crippen LogP) is 8.49. The molecule has 4 aromatic rings. The van der Waals surface area contributed by atoms with Gasteiger partial charge in [0.15, 0.2) is 23.9 Å². The first-order chi connectivity index (χ1) is 24.7. The number of aromatic nitrogens is 4. The Hall–Kier alpha value is -4.20. The lowest BCUT2D eigenvalue weighted by molar-refractivity contribution is -0.866. The van der Waals surface area contributed by atoms with Crippen molar-refractivity contribution in [3.05, 3.63) is 95.1 Å². The minimum Gasteiger partial charge on any atom is -0.340 e. The van der Waals surface area contributed by atoms with E-state index in [1.807, 2.05) is 25.0 Å². The van der Waals surface area contributed by atoms with E-state index in [4.69, 9.17) is 9.47 Å². The summed E-state index contributed by atoms with van der Waals surface area (Å²) in [6, 6.07) is 9.15. The third-order valence-corrected chi connectivity index (χ3v) is 12.3. The standard InChI is InChI=1S/C44H58N6O2/c1-31-23-35(43(8,15-11-19-47-21-17-45-29-47)16-12-20-48-22-18-46-30-48)25-32-27-49-37-13-9-10-14-38(37)50-28-33-24-34(41(2,3)4)26-36(42(5,6)7)40(33)52-44(49,50)51-39(31)32/h17-18,21-30,37-38H,9-16,19-20H2,1-8H3/q+2. The molecule has 8 rings (SSSR count). The van der Waals surface area contributed by atoms with Crippen LogP contribution in [0.25, 0.3) is 0 Å². The van der Waals surface area contributed by atoms with Crippen molar-refractivity contribution in [3.63, 3.8) is 0 Å². The molecule has 3 atom stereocenters. The smallest absolute Gasteiger partial charge is 0.340 e. The van der Waals surface area contributed by atoms with Gasteiger partial charge in [0.25, 0.3) is 0 Å². The van der Waals surface area contributed by atoms with Gasteiger partial charge in [-0.15, -0.1) is 0 Å². The van der Waals surface area contributed by atoms with Gasteiger partial charge in [0, 0.05) is 56.3 Å². The molecule has 0 amide bonds. The molecule has 3 unspecified atom stereocenters. The summed E-state index contributed by atoms with van der Waals surface area (Å²) in [6.07, 6.45) is 25.5. The van der Waals surface area contributed by atoms with Crippen LogP contribution in [0, 0.1) is 6.92 Å². The zero-order valence-corrected chi connectivity index (χ0v) is 32.7. The molecule has 8 nitrogen and oxygen atoms in total. The van der Waals surface area contributed by atoms with Gasteiger partial charge in [-0.1, -0.05) is 69.7 Å². The van der Waals surface area contributed by atoms with Gasteiger partial charge in [0.2, 0.25) is 12.1 Å². The van der Waals surface area contributed by atoms with E-state index in [2.05, 4.69) is 133 Å². The van der Waals surface area contributed by atoms with Crippen molar-refractivity contribution in [1.29, 1.82) is 0 Å². The normalized spacial score (nSPS) is 22.2. The number of hydrogen-bond acceptors (Lipinski definition) is 4. The molecule has 0 N–H and O–H groups in total. The van der Waals surface area contributed by atoms with Crippen LogP contribution in [0.5, 0.6) is 11.5 Å². The molecular formula is C44H58N6O2+2. The van der Waals surface area contributed by atoms with Crippen molar-refractivity contribution < 1.29 is 18.6 Å². The first-order valence-corrected chi connectivity index (χ1v) is 19.7. The van der Waals surface area contributed by atoms with Crippen LogP contribution < -0.4 is 9.47 Å². The molecular weight excluding hydrogens is 645 g/mol. The first-order valence-electron chi connectivity index (χ1n) is 19.7. The average molecular weight is 703 g/mol. The molecule has 1 saturated heterocycles. The zero-order valence-electron chi connectivity index (χ0n) is 32.7. The van der Waals surface area contributed by atoms with Crippen LogP contribution in [0.4, 0.5) is 0 Å². The Labute approximate surface area is 310 Å². The van der Waals surface area contributed by atoms with Crippen molar-refractivity contribution in [2.24, 2.45) is 0 Å². The molecule has 1 spiro atoms. The fourth-order valence-corrected chi connectivity index (χ4v) is 9.24. The second kappa shape index (κ2) is 12.7. The highest BCUT2D eigenvalue weighted by molar-refractivity contribution is 5.85. The highest BCUT2D eigenvalue weighted by Crippen LogP contribution is 2.49. The highest BCUT2D eigenvalue weighted by atomic mass is 16.7. The number of ether oxygens (including phenoxy) is 2. The van der Waals surface area contributed by atoms with E-state index in [0.29, 0.717) is 12.1 Å². The minimum atomic E-state index is -1.05. The monoisotopic (exact) mass is 702 g/mol. The van der Waals surface area contributed by atoms with E-state index in [1.54, 1.807) is 0 Å². The fraction of sp³-hybridized carbons (Fsp3) is 0.545. The molecule has 4 aliphatic rings. The Balaban J connectivity index is 1.20. The number of fused-ring (bicyclic) bond motifs is 5. The number of hydrogen-bond donors (Lipinski definition) is 0. The van der Waals surface area contributed by atoms with Gasteiger partial charge in [0.1, 0.15) is 0 Å². The number of imidazole rings is 2. The molecule has 1 aliphatic carbocycles. The highest BCUT2D eigenvalue weighted by Gasteiger charge is 2.76. The Morgan fingerprint density at radius 3 is 1.77 bits per heavy atom. The lowest BCUT2D eigenvalue weighted by Crippen LogP contribution is -2.60. The second-order valence-corrected chi connectivity index (χ2v) is 18.3. The predicted molar refractivity (Wildman–Crippen MR) is 206 cm³/mol. The first kappa shape index (κ1) is 34.9. The zero-order chi connectivity index (χ0) is 36.5. The number of nitrogens with zero attached hydrogens (tertiary/aromatic N) is 6. The second-order valence-electron chi connectivity index (χ2n) is 18.3. The number of benzene rings is 2. The summed E-state index contributed by atoms with van der Waals surface area (Å²) in [5.74, 6) is 1.89. The Bertz CT molecular complexity index is 1970. The molecule has 2 aromatic heterocycles. The van der Waals surface area contributed by atoms with Crippen molar-refractivity contribution in [2.75, 3.05) is 0 Å². The maximum absolute atomic E-state index is 7.40. The van der Waals surface area contributed by atoms with Crippen LogP contribution in [0.3, 0.4) is 0 Å². The van der Waals surface area contributed by atoms with E-state index in [9.17, 15) is 0 Å². The quantitative estimate of drug-likeness (QED) is 0.164. The van der Waals surface area contributed by atoms with Crippen molar-refractivity contribution >= 4 is 12.4 Å². The summed E-state index contributed by atoms with van der Waals surface area (Å²) in [5.41, 5.74) is 7.37. The van der Waals surface area contributed by atoms with Gasteiger partial charge in [-0.3, -0.25) is 0 Å². The van der Waals surface area contributed by atoms with Gasteiger partial charge in [-0.05, 0) is 90.5 Å². The van der Waals surface area contributed by atoms with Gasteiger partial charge >= 0.3 is 6.03 Å². The lowest BCUT2D eigenvalue weighted by atomic mass is 9.74. The van der Waals surface area contributed by atoms with Crippen LogP contribution >= 0.6 is 0 Å². The number of aryl methyl sites for hydroxylation is 3. The maximum Gasteiger partial charge on any atom is 0.704 e. The van der Waals surface area contributed by atoms with Crippen LogP contribution in [0.2, 0.25) is 0 Å². The summed E-state index contributed by atoms with van der Waals surface area (Å²) < 4.78 is 24.1. The fourth-order valence-electron chi connectivity index (χ4n) is 9.24. The minimum absolute atomic E-state index is 0.00518. The third-order valence-electron chi connectivity index (χ3n) is 12.3. The molecule has 52 heavy (non-hydrogen) atoms. The SMILES string of the molecule is Cc1cc(C(C)(CCCn2ccnc2)CCCn2ccnc2)cc2c1OC13Oc4c(cc(C(C)(C)C)cc4C(C)(C)C)C=[N+]1C1CCCCC1[N+]3=C2. The molecule has 2 fully saturated rings. The van der Waals surface area contributed by atoms with E-state index in [-0.39, 0.29) is 16.2 Å². The Morgan fingerprint density at radius 1 is 0.712 bits per heavy atom. The van der Waals surface area contributed by atoms with Gasteiger partial charge in [-0.25, -0.2) is 9.97 Å². The summed E-state index contributed by atoms with van der Waals surface area (Å²) in [6.45, 7) is 20.4. The van der Waals surface area contributed by atoms with Crippen LogP contribution in [0.15, 0.2) is 61.7 Å². The summed E-state index contributed by atoms with van der Waals surface area (Å²) in [7, 11) is 0. The molecule has 0 bridgehead atoms. The molecule has 8 heteroatoms. The topological polar surface area (TPSA) is 60.1 Å². The van der Waals surface area contributed by atoms with Crippen molar-refractivity contribution in [1.82, 2.24) is 19.1 Å². The van der Waals surface area contributed by atoms with Crippen molar-refractivity contribution in [2.45, 2.75) is 154 Å². The molecule has 1 saturated carbocycles. The van der Waals surface area contributed by atoms with E-state index >= 15 is 0 Å². The lowest BCUT2D eigenvalue weighted by Gasteiger charge is -2.34. The van der Waals surface area contributed by atoms with Crippen LogP contribution in [-0.2, 0) is 29.3 Å².